The highest BCUT2D eigenvalue weighted by Crippen LogP contribution is 2.24. The minimum Gasteiger partial charge on any atom is -0.325 e. The highest BCUT2D eigenvalue weighted by Gasteiger charge is 2.19. The third kappa shape index (κ3) is 4.08. The van der Waals surface area contributed by atoms with E-state index in [4.69, 9.17) is 0 Å². The number of carbonyl (C=O) groups excluding carboxylic acids is 1. The Balaban J connectivity index is 1.72. The van der Waals surface area contributed by atoms with Gasteiger partial charge in [-0.2, -0.15) is 4.68 Å². The van der Waals surface area contributed by atoms with Gasteiger partial charge in [-0.15, -0.1) is 5.10 Å². The Labute approximate surface area is 154 Å². The first-order valence-corrected chi connectivity index (χ1v) is 8.91. The van der Waals surface area contributed by atoms with Crippen LogP contribution >= 0.6 is 11.8 Å². The van der Waals surface area contributed by atoms with Crippen molar-refractivity contribution in [1.29, 1.82) is 0 Å². The van der Waals surface area contributed by atoms with Crippen LogP contribution in [0.3, 0.4) is 0 Å². The van der Waals surface area contributed by atoms with E-state index in [1.807, 2.05) is 31.2 Å². The van der Waals surface area contributed by atoms with E-state index >= 15 is 0 Å². The third-order valence-electron chi connectivity index (χ3n) is 3.78. The van der Waals surface area contributed by atoms with Gasteiger partial charge in [0.1, 0.15) is 5.82 Å². The van der Waals surface area contributed by atoms with Crippen LogP contribution in [0.4, 0.5) is 10.1 Å². The summed E-state index contributed by atoms with van der Waals surface area (Å²) in [7, 11) is 0. The lowest BCUT2D eigenvalue weighted by atomic mass is 10.2. The highest BCUT2D eigenvalue weighted by atomic mass is 32.2. The second kappa shape index (κ2) is 7.65. The van der Waals surface area contributed by atoms with Gasteiger partial charge in [0, 0.05) is 5.69 Å². The summed E-state index contributed by atoms with van der Waals surface area (Å²) in [6, 6.07) is 12.4. The minimum atomic E-state index is -0.464. The molecule has 3 rings (SSSR count). The highest BCUT2D eigenvalue weighted by molar-refractivity contribution is 8.00. The number of amides is 1. The summed E-state index contributed by atoms with van der Waals surface area (Å²) in [6.45, 7) is 5.40. The summed E-state index contributed by atoms with van der Waals surface area (Å²) in [5, 5.41) is 14.5. The first kappa shape index (κ1) is 18.1. The second-order valence-electron chi connectivity index (χ2n) is 5.93. The van der Waals surface area contributed by atoms with Crippen LogP contribution in [-0.2, 0) is 4.79 Å². The van der Waals surface area contributed by atoms with Crippen LogP contribution in [0.1, 0.15) is 18.1 Å². The molecule has 134 valence electrons. The number of thioether (sulfide) groups is 1. The molecule has 26 heavy (non-hydrogen) atoms. The van der Waals surface area contributed by atoms with E-state index in [0.29, 0.717) is 16.4 Å². The molecule has 2 aromatic carbocycles. The van der Waals surface area contributed by atoms with E-state index in [1.54, 1.807) is 30.7 Å². The van der Waals surface area contributed by atoms with Gasteiger partial charge in [0.05, 0.1) is 10.9 Å². The first-order chi connectivity index (χ1) is 12.4. The number of aromatic nitrogens is 4. The van der Waals surface area contributed by atoms with Crippen molar-refractivity contribution in [3.63, 3.8) is 0 Å². The fourth-order valence-electron chi connectivity index (χ4n) is 2.30. The molecule has 1 unspecified atom stereocenters. The molecule has 0 saturated heterocycles. The van der Waals surface area contributed by atoms with Crippen molar-refractivity contribution in [3.05, 3.63) is 59.4 Å². The van der Waals surface area contributed by atoms with Crippen molar-refractivity contribution in [2.24, 2.45) is 0 Å². The average molecular weight is 371 g/mol. The van der Waals surface area contributed by atoms with Gasteiger partial charge in [0.15, 0.2) is 0 Å². The van der Waals surface area contributed by atoms with E-state index in [-0.39, 0.29) is 11.7 Å². The van der Waals surface area contributed by atoms with Crippen LogP contribution in [-0.4, -0.2) is 31.4 Å². The number of aryl methyl sites for hydroxylation is 2. The van der Waals surface area contributed by atoms with Gasteiger partial charge in [-0.1, -0.05) is 30.0 Å². The van der Waals surface area contributed by atoms with Crippen LogP contribution in [0.5, 0.6) is 0 Å². The van der Waals surface area contributed by atoms with Crippen molar-refractivity contribution in [1.82, 2.24) is 20.2 Å². The molecule has 0 bridgehead atoms. The van der Waals surface area contributed by atoms with Crippen LogP contribution in [0, 0.1) is 19.7 Å². The maximum absolute atomic E-state index is 13.6. The Hall–Kier alpha value is -2.74. The van der Waals surface area contributed by atoms with Gasteiger partial charge < -0.3 is 5.32 Å². The number of tetrazole rings is 1. The van der Waals surface area contributed by atoms with Gasteiger partial charge in [0.25, 0.3) is 0 Å². The lowest BCUT2D eigenvalue weighted by Gasteiger charge is -2.12. The monoisotopic (exact) mass is 371 g/mol. The SMILES string of the molecule is Cc1cccc(-n2nnnc2SC(C)C(=O)Nc2ccc(C)c(F)c2)c1. The number of halogens is 1. The first-order valence-electron chi connectivity index (χ1n) is 8.03. The number of nitrogens with one attached hydrogen (secondary N) is 1. The summed E-state index contributed by atoms with van der Waals surface area (Å²) in [5.74, 6) is -0.608. The molecule has 0 saturated carbocycles. The largest absolute Gasteiger partial charge is 0.325 e. The molecule has 1 heterocycles. The van der Waals surface area contributed by atoms with Crippen LogP contribution in [0.15, 0.2) is 47.6 Å². The van der Waals surface area contributed by atoms with Gasteiger partial charge in [-0.05, 0) is 66.6 Å². The normalized spacial score (nSPS) is 12.0. The molecule has 1 amide bonds. The number of rotatable bonds is 5. The lowest BCUT2D eigenvalue weighted by Crippen LogP contribution is -2.23. The molecule has 1 atom stereocenters. The summed E-state index contributed by atoms with van der Waals surface area (Å²) in [4.78, 5) is 12.4. The Kier molecular flexibility index (Phi) is 5.32. The summed E-state index contributed by atoms with van der Waals surface area (Å²) in [6.07, 6.45) is 0. The molecule has 1 aromatic heterocycles. The second-order valence-corrected chi connectivity index (χ2v) is 7.23. The van der Waals surface area contributed by atoms with Gasteiger partial charge >= 0.3 is 0 Å². The summed E-state index contributed by atoms with van der Waals surface area (Å²) < 4.78 is 15.2. The molecule has 0 radical (unpaired) electrons. The van der Waals surface area contributed by atoms with Gasteiger partial charge in [0.2, 0.25) is 11.1 Å². The molecule has 0 aliphatic rings. The number of anilines is 1. The number of hydrogen-bond acceptors (Lipinski definition) is 5. The zero-order valence-electron chi connectivity index (χ0n) is 14.6. The number of hydrogen-bond donors (Lipinski definition) is 1. The van der Waals surface area contributed by atoms with Crippen LogP contribution in [0.2, 0.25) is 0 Å². The van der Waals surface area contributed by atoms with Crippen molar-refractivity contribution >= 4 is 23.4 Å². The molecule has 1 N–H and O–H groups in total. The predicted molar refractivity (Wildman–Crippen MR) is 99.0 cm³/mol. The van der Waals surface area contributed by atoms with Crippen molar-refractivity contribution in [2.45, 2.75) is 31.2 Å². The van der Waals surface area contributed by atoms with E-state index in [9.17, 15) is 9.18 Å². The zero-order chi connectivity index (χ0) is 18.7. The van der Waals surface area contributed by atoms with E-state index in [0.717, 1.165) is 11.3 Å². The smallest absolute Gasteiger partial charge is 0.237 e. The van der Waals surface area contributed by atoms with Crippen molar-refractivity contribution in [2.75, 3.05) is 5.32 Å². The Morgan fingerprint density at radius 1 is 1.23 bits per heavy atom. The van der Waals surface area contributed by atoms with E-state index in [1.165, 1.54) is 17.8 Å². The maximum Gasteiger partial charge on any atom is 0.237 e. The summed E-state index contributed by atoms with van der Waals surface area (Å²) in [5.41, 5.74) is 2.86. The third-order valence-corrected chi connectivity index (χ3v) is 4.81. The fraction of sp³-hybridized carbons (Fsp3) is 0.222. The van der Waals surface area contributed by atoms with E-state index < -0.39 is 5.25 Å². The molecule has 0 aliphatic carbocycles. The zero-order valence-corrected chi connectivity index (χ0v) is 15.4. The predicted octanol–water partition coefficient (Wildman–Crippen LogP) is 3.54. The molecule has 8 heteroatoms. The molecule has 0 fully saturated rings. The average Bonchev–Trinajstić information content (AvgIpc) is 3.06. The Bertz CT molecular complexity index is 943. The molecule has 6 nitrogen and oxygen atoms in total. The Morgan fingerprint density at radius 2 is 2.04 bits per heavy atom. The molecule has 0 spiro atoms. The maximum atomic E-state index is 13.6. The lowest BCUT2D eigenvalue weighted by molar-refractivity contribution is -0.115. The number of carbonyl (C=O) groups is 1. The summed E-state index contributed by atoms with van der Waals surface area (Å²) >= 11 is 1.23. The Morgan fingerprint density at radius 3 is 2.77 bits per heavy atom. The number of benzene rings is 2. The molecular formula is C18H18FN5OS. The van der Waals surface area contributed by atoms with Gasteiger partial charge in [-0.3, -0.25) is 4.79 Å². The quantitative estimate of drug-likeness (QED) is 0.695. The molecule has 0 aliphatic heterocycles. The topological polar surface area (TPSA) is 72.7 Å². The standard InChI is InChI=1S/C18H18FN5OS/c1-11-5-4-6-15(9-11)24-18(21-22-23-24)26-13(3)17(25)20-14-8-7-12(2)16(19)10-14/h4-10,13H,1-3H3,(H,20,25). The van der Waals surface area contributed by atoms with Crippen LogP contribution in [0.25, 0.3) is 5.69 Å². The van der Waals surface area contributed by atoms with Crippen molar-refractivity contribution in [3.8, 4) is 5.69 Å². The van der Waals surface area contributed by atoms with Crippen LogP contribution < -0.4 is 5.32 Å². The fourth-order valence-corrected chi connectivity index (χ4v) is 3.11. The minimum absolute atomic E-state index is 0.253. The van der Waals surface area contributed by atoms with Crippen molar-refractivity contribution < 1.29 is 9.18 Å². The molecule has 3 aromatic rings. The number of nitrogens with zero attached hydrogens (tertiary/aromatic N) is 4. The van der Waals surface area contributed by atoms with E-state index in [2.05, 4.69) is 20.8 Å². The van der Waals surface area contributed by atoms with Gasteiger partial charge in [-0.25, -0.2) is 4.39 Å². The molecular weight excluding hydrogens is 353 g/mol.